The number of benzene rings is 2. The lowest BCUT2D eigenvalue weighted by Gasteiger charge is -2.11. The van der Waals surface area contributed by atoms with E-state index in [4.69, 9.17) is 16.6 Å². The first kappa shape index (κ1) is 16.8. The van der Waals surface area contributed by atoms with E-state index in [0.717, 1.165) is 28.1 Å². The van der Waals surface area contributed by atoms with Gasteiger partial charge >= 0.3 is 0 Å². The first-order valence-corrected chi connectivity index (χ1v) is 9.46. The molecule has 4 aromatic rings. The molecule has 0 atom stereocenters. The lowest BCUT2D eigenvalue weighted by molar-refractivity contribution is 1.00. The van der Waals surface area contributed by atoms with Gasteiger partial charge in [0.2, 0.25) is 0 Å². The number of halogens is 1. The molecule has 0 saturated carbocycles. The predicted octanol–water partition coefficient (Wildman–Crippen LogP) is 5.71. The molecule has 0 fully saturated rings. The molecular weight excluding hydrogens is 364 g/mol. The van der Waals surface area contributed by atoms with Crippen molar-refractivity contribution in [3.8, 4) is 0 Å². The normalized spacial score (nSPS) is 10.8. The number of anilines is 2. The second-order valence-electron chi connectivity index (χ2n) is 5.62. The Hall–Kier alpha value is -2.63. The van der Waals surface area contributed by atoms with Gasteiger partial charge in [0, 0.05) is 28.0 Å². The molecule has 1 N–H and O–H groups in total. The number of nitrogens with one attached hydrogen (secondary N) is 1. The van der Waals surface area contributed by atoms with Gasteiger partial charge in [0.1, 0.15) is 5.82 Å². The molecule has 2 aromatic carbocycles. The Bertz CT molecular complexity index is 1030. The SMILES string of the molecule is Clc1ccc2nc(SCc3ccccn3)nc(Nc3ccccc3)c2c1. The quantitative estimate of drug-likeness (QED) is 0.356. The van der Waals surface area contributed by atoms with E-state index in [-0.39, 0.29) is 0 Å². The van der Waals surface area contributed by atoms with Crippen LogP contribution in [0.15, 0.2) is 78.1 Å². The summed E-state index contributed by atoms with van der Waals surface area (Å²) in [4.78, 5) is 13.7. The van der Waals surface area contributed by atoms with E-state index in [1.807, 2.05) is 66.7 Å². The Balaban J connectivity index is 1.69. The number of fused-ring (bicyclic) bond motifs is 1. The zero-order valence-electron chi connectivity index (χ0n) is 13.8. The molecule has 0 amide bonds. The molecule has 26 heavy (non-hydrogen) atoms. The molecule has 2 aromatic heterocycles. The molecule has 0 saturated heterocycles. The van der Waals surface area contributed by atoms with Crippen molar-refractivity contribution in [2.75, 3.05) is 5.32 Å². The summed E-state index contributed by atoms with van der Waals surface area (Å²) in [7, 11) is 0. The highest BCUT2D eigenvalue weighted by molar-refractivity contribution is 7.98. The van der Waals surface area contributed by atoms with Crippen molar-refractivity contribution in [3.05, 3.63) is 83.6 Å². The average Bonchev–Trinajstić information content (AvgIpc) is 2.68. The minimum Gasteiger partial charge on any atom is -0.340 e. The smallest absolute Gasteiger partial charge is 0.190 e. The molecule has 0 spiro atoms. The summed E-state index contributed by atoms with van der Waals surface area (Å²) in [6.07, 6.45) is 1.79. The molecule has 0 aliphatic carbocycles. The van der Waals surface area contributed by atoms with Gasteiger partial charge in [-0.25, -0.2) is 9.97 Å². The summed E-state index contributed by atoms with van der Waals surface area (Å²) < 4.78 is 0. The van der Waals surface area contributed by atoms with Crippen molar-refractivity contribution in [2.24, 2.45) is 0 Å². The number of thioether (sulfide) groups is 1. The molecule has 128 valence electrons. The van der Waals surface area contributed by atoms with Crippen LogP contribution >= 0.6 is 23.4 Å². The van der Waals surface area contributed by atoms with Crippen molar-refractivity contribution in [1.82, 2.24) is 15.0 Å². The number of nitrogens with zero attached hydrogens (tertiary/aromatic N) is 3. The van der Waals surface area contributed by atoms with Crippen LogP contribution in [-0.2, 0) is 5.75 Å². The standard InChI is InChI=1S/C20H15ClN4S/c21-14-9-10-18-17(12-14)19(23-15-6-2-1-3-7-15)25-20(24-18)26-13-16-8-4-5-11-22-16/h1-12H,13H2,(H,23,24,25). The van der Waals surface area contributed by atoms with Crippen molar-refractivity contribution in [1.29, 1.82) is 0 Å². The first-order valence-electron chi connectivity index (χ1n) is 8.10. The van der Waals surface area contributed by atoms with Gasteiger partial charge in [-0.3, -0.25) is 4.98 Å². The fraction of sp³-hybridized carbons (Fsp3) is 0.0500. The Morgan fingerprint density at radius 1 is 0.923 bits per heavy atom. The number of rotatable bonds is 5. The molecule has 0 aliphatic heterocycles. The van der Waals surface area contributed by atoms with Crippen LogP contribution in [0.4, 0.5) is 11.5 Å². The number of hydrogen-bond donors (Lipinski definition) is 1. The summed E-state index contributed by atoms with van der Waals surface area (Å²) in [6.45, 7) is 0. The number of hydrogen-bond acceptors (Lipinski definition) is 5. The van der Waals surface area contributed by atoms with Crippen LogP contribution in [0.1, 0.15) is 5.69 Å². The van der Waals surface area contributed by atoms with E-state index >= 15 is 0 Å². The van der Waals surface area contributed by atoms with E-state index in [0.29, 0.717) is 15.9 Å². The third-order valence-corrected chi connectivity index (χ3v) is 4.87. The summed E-state index contributed by atoms with van der Waals surface area (Å²) in [6, 6.07) is 21.5. The molecule has 4 rings (SSSR count). The van der Waals surface area contributed by atoms with Crippen LogP contribution in [0.5, 0.6) is 0 Å². The Morgan fingerprint density at radius 3 is 2.58 bits per heavy atom. The summed E-state index contributed by atoms with van der Waals surface area (Å²) in [5, 5.41) is 5.62. The number of aromatic nitrogens is 3. The lowest BCUT2D eigenvalue weighted by atomic mass is 10.2. The average molecular weight is 379 g/mol. The Labute approximate surface area is 160 Å². The molecule has 0 aliphatic rings. The van der Waals surface area contributed by atoms with Gasteiger partial charge in [0.15, 0.2) is 5.16 Å². The van der Waals surface area contributed by atoms with Crippen LogP contribution in [-0.4, -0.2) is 15.0 Å². The molecule has 0 radical (unpaired) electrons. The van der Waals surface area contributed by atoms with Crippen molar-refractivity contribution in [3.63, 3.8) is 0 Å². The first-order chi connectivity index (χ1) is 12.8. The second-order valence-corrected chi connectivity index (χ2v) is 7.00. The van der Waals surface area contributed by atoms with E-state index in [9.17, 15) is 0 Å². The zero-order chi connectivity index (χ0) is 17.8. The third kappa shape index (κ3) is 3.95. The van der Waals surface area contributed by atoms with Crippen LogP contribution in [0.3, 0.4) is 0 Å². The second kappa shape index (κ2) is 7.72. The highest BCUT2D eigenvalue weighted by Crippen LogP contribution is 2.29. The molecular formula is C20H15ClN4S. The van der Waals surface area contributed by atoms with Gasteiger partial charge in [-0.15, -0.1) is 0 Å². The van der Waals surface area contributed by atoms with Gasteiger partial charge in [-0.05, 0) is 42.5 Å². The zero-order valence-corrected chi connectivity index (χ0v) is 15.3. The van der Waals surface area contributed by atoms with Gasteiger partial charge in [0.25, 0.3) is 0 Å². The van der Waals surface area contributed by atoms with Crippen LogP contribution < -0.4 is 5.32 Å². The fourth-order valence-electron chi connectivity index (χ4n) is 2.52. The number of pyridine rings is 1. The maximum Gasteiger partial charge on any atom is 0.190 e. The summed E-state index contributed by atoms with van der Waals surface area (Å²) in [5.74, 6) is 1.46. The van der Waals surface area contributed by atoms with Gasteiger partial charge < -0.3 is 5.32 Å². The van der Waals surface area contributed by atoms with Crippen LogP contribution in [0.2, 0.25) is 5.02 Å². The maximum absolute atomic E-state index is 6.18. The topological polar surface area (TPSA) is 50.7 Å². The predicted molar refractivity (Wildman–Crippen MR) is 108 cm³/mol. The maximum atomic E-state index is 6.18. The van der Waals surface area contributed by atoms with Gasteiger partial charge in [-0.1, -0.05) is 47.6 Å². The third-order valence-electron chi connectivity index (χ3n) is 3.75. The molecule has 4 nitrogen and oxygen atoms in total. The monoisotopic (exact) mass is 378 g/mol. The van der Waals surface area contributed by atoms with Crippen molar-refractivity contribution in [2.45, 2.75) is 10.9 Å². The van der Waals surface area contributed by atoms with Crippen molar-refractivity contribution < 1.29 is 0 Å². The van der Waals surface area contributed by atoms with Gasteiger partial charge in [-0.2, -0.15) is 0 Å². The van der Waals surface area contributed by atoms with Crippen LogP contribution in [0, 0.1) is 0 Å². The fourth-order valence-corrected chi connectivity index (χ4v) is 3.46. The largest absolute Gasteiger partial charge is 0.340 e. The Morgan fingerprint density at radius 2 is 1.77 bits per heavy atom. The Kier molecular flexibility index (Phi) is 5.00. The van der Waals surface area contributed by atoms with Gasteiger partial charge in [0.05, 0.1) is 11.2 Å². The molecule has 2 heterocycles. The summed E-state index contributed by atoms with van der Waals surface area (Å²) in [5.41, 5.74) is 2.81. The highest BCUT2D eigenvalue weighted by atomic mass is 35.5. The van der Waals surface area contributed by atoms with Crippen molar-refractivity contribution >= 4 is 45.8 Å². The molecule has 0 bridgehead atoms. The highest BCUT2D eigenvalue weighted by Gasteiger charge is 2.10. The van der Waals surface area contributed by atoms with E-state index in [1.165, 1.54) is 0 Å². The number of para-hydroxylation sites is 1. The lowest BCUT2D eigenvalue weighted by Crippen LogP contribution is -1.99. The minimum atomic E-state index is 0.658. The molecule has 6 heteroatoms. The van der Waals surface area contributed by atoms with E-state index in [2.05, 4.69) is 15.3 Å². The summed E-state index contributed by atoms with van der Waals surface area (Å²) >= 11 is 7.74. The molecule has 0 unspecified atom stereocenters. The van der Waals surface area contributed by atoms with E-state index in [1.54, 1.807) is 18.0 Å². The minimum absolute atomic E-state index is 0.658. The van der Waals surface area contributed by atoms with E-state index < -0.39 is 0 Å². The van der Waals surface area contributed by atoms with Crippen LogP contribution in [0.25, 0.3) is 10.9 Å².